The first-order chi connectivity index (χ1) is 9.10. The van der Waals surface area contributed by atoms with Crippen molar-refractivity contribution in [3.05, 3.63) is 59.7 Å². The van der Waals surface area contributed by atoms with Gasteiger partial charge < -0.3 is 10.2 Å². The van der Waals surface area contributed by atoms with Gasteiger partial charge in [-0.1, -0.05) is 31.2 Å². The molecule has 0 amide bonds. The lowest BCUT2D eigenvalue weighted by Gasteiger charge is -2.47. The van der Waals surface area contributed by atoms with Gasteiger partial charge in [0.1, 0.15) is 11.5 Å². The van der Waals surface area contributed by atoms with Crippen molar-refractivity contribution >= 4 is 0 Å². The van der Waals surface area contributed by atoms with Gasteiger partial charge in [-0.3, -0.25) is 0 Å². The monoisotopic (exact) mass is 254 g/mol. The van der Waals surface area contributed by atoms with Crippen LogP contribution in [0.1, 0.15) is 30.9 Å². The maximum atomic E-state index is 9.44. The van der Waals surface area contributed by atoms with Crippen LogP contribution in [-0.4, -0.2) is 10.2 Å². The van der Waals surface area contributed by atoms with E-state index in [-0.39, 0.29) is 5.41 Å². The van der Waals surface area contributed by atoms with E-state index in [1.807, 2.05) is 24.3 Å². The van der Waals surface area contributed by atoms with Gasteiger partial charge in [0.25, 0.3) is 0 Å². The third-order valence-corrected chi connectivity index (χ3v) is 4.23. The number of aromatic hydroxyl groups is 2. The molecule has 1 aliphatic carbocycles. The molecule has 0 spiro atoms. The number of phenols is 2. The number of hydrogen-bond donors (Lipinski definition) is 2. The minimum atomic E-state index is 0.0425. The first-order valence-electron chi connectivity index (χ1n) is 6.69. The first-order valence-corrected chi connectivity index (χ1v) is 6.69. The van der Waals surface area contributed by atoms with Crippen LogP contribution in [0, 0.1) is 5.92 Å². The molecule has 2 aromatic carbocycles. The molecule has 2 heteroatoms. The Morgan fingerprint density at radius 1 is 0.789 bits per heavy atom. The molecule has 0 bridgehead atoms. The molecule has 1 fully saturated rings. The molecule has 19 heavy (non-hydrogen) atoms. The molecular formula is C17H18O2. The van der Waals surface area contributed by atoms with Crippen LogP contribution in [0.15, 0.2) is 48.5 Å². The smallest absolute Gasteiger partial charge is 0.115 e. The predicted molar refractivity (Wildman–Crippen MR) is 75.4 cm³/mol. The van der Waals surface area contributed by atoms with E-state index in [4.69, 9.17) is 0 Å². The molecule has 0 aromatic heterocycles. The van der Waals surface area contributed by atoms with Gasteiger partial charge in [-0.05, 0) is 54.2 Å². The van der Waals surface area contributed by atoms with Gasteiger partial charge in [0.15, 0.2) is 0 Å². The summed E-state index contributed by atoms with van der Waals surface area (Å²) < 4.78 is 0. The van der Waals surface area contributed by atoms with Gasteiger partial charge in [0.05, 0.1) is 0 Å². The van der Waals surface area contributed by atoms with E-state index in [1.54, 1.807) is 24.3 Å². The zero-order valence-electron chi connectivity index (χ0n) is 11.0. The lowest BCUT2D eigenvalue weighted by atomic mass is 9.56. The largest absolute Gasteiger partial charge is 0.508 e. The summed E-state index contributed by atoms with van der Waals surface area (Å²) in [5.74, 6) is 1.32. The van der Waals surface area contributed by atoms with Crippen LogP contribution in [0.3, 0.4) is 0 Å². The fraction of sp³-hybridized carbons (Fsp3) is 0.294. The molecule has 0 radical (unpaired) electrons. The van der Waals surface area contributed by atoms with Crippen LogP contribution < -0.4 is 0 Å². The average molecular weight is 254 g/mol. The van der Waals surface area contributed by atoms with Gasteiger partial charge in [-0.25, -0.2) is 0 Å². The number of benzene rings is 2. The number of hydrogen-bond acceptors (Lipinski definition) is 2. The van der Waals surface area contributed by atoms with E-state index in [9.17, 15) is 10.2 Å². The molecule has 2 nitrogen and oxygen atoms in total. The lowest BCUT2D eigenvalue weighted by molar-refractivity contribution is 0.200. The van der Waals surface area contributed by atoms with Gasteiger partial charge in [-0.2, -0.15) is 0 Å². The second-order valence-electron chi connectivity index (χ2n) is 5.69. The lowest BCUT2D eigenvalue weighted by Crippen LogP contribution is -2.41. The van der Waals surface area contributed by atoms with E-state index >= 15 is 0 Å². The Balaban J connectivity index is 2.04. The van der Waals surface area contributed by atoms with Crippen molar-refractivity contribution in [1.82, 2.24) is 0 Å². The van der Waals surface area contributed by atoms with Crippen molar-refractivity contribution < 1.29 is 10.2 Å². The highest BCUT2D eigenvalue weighted by Crippen LogP contribution is 2.52. The zero-order valence-corrected chi connectivity index (χ0v) is 11.0. The standard InChI is InChI=1S/C17H18O2/c1-12-10-17(11-12,13-2-6-15(18)7-3-13)14-4-8-16(19)9-5-14/h2-9,12,18-19H,10-11H2,1H3. The summed E-state index contributed by atoms with van der Waals surface area (Å²) in [5, 5.41) is 18.9. The maximum Gasteiger partial charge on any atom is 0.115 e. The Kier molecular flexibility index (Phi) is 2.74. The second kappa shape index (κ2) is 4.30. The van der Waals surface area contributed by atoms with E-state index in [0.29, 0.717) is 17.4 Å². The molecule has 2 aromatic rings. The Bertz CT molecular complexity index is 516. The summed E-state index contributed by atoms with van der Waals surface area (Å²) in [6.45, 7) is 2.26. The van der Waals surface area contributed by atoms with Crippen molar-refractivity contribution in [2.45, 2.75) is 25.2 Å². The number of rotatable bonds is 2. The molecule has 1 aliphatic rings. The van der Waals surface area contributed by atoms with Crippen molar-refractivity contribution in [1.29, 1.82) is 0 Å². The molecule has 0 atom stereocenters. The Hall–Kier alpha value is -1.96. The molecule has 0 saturated heterocycles. The van der Waals surface area contributed by atoms with Crippen LogP contribution in [0.4, 0.5) is 0 Å². The Morgan fingerprint density at radius 3 is 1.47 bits per heavy atom. The molecule has 0 unspecified atom stereocenters. The van der Waals surface area contributed by atoms with Crippen molar-refractivity contribution in [3.8, 4) is 11.5 Å². The summed E-state index contributed by atoms with van der Waals surface area (Å²) in [5.41, 5.74) is 2.53. The number of phenolic OH excluding ortho intramolecular Hbond substituents is 2. The highest BCUT2D eigenvalue weighted by Gasteiger charge is 2.44. The van der Waals surface area contributed by atoms with Crippen LogP contribution in [0.5, 0.6) is 11.5 Å². The molecule has 0 heterocycles. The van der Waals surface area contributed by atoms with E-state index < -0.39 is 0 Å². The summed E-state index contributed by atoms with van der Waals surface area (Å²) >= 11 is 0. The quantitative estimate of drug-likeness (QED) is 0.855. The SMILES string of the molecule is CC1CC(c2ccc(O)cc2)(c2ccc(O)cc2)C1. The minimum absolute atomic E-state index is 0.0425. The van der Waals surface area contributed by atoms with Crippen LogP contribution in [0.25, 0.3) is 0 Å². The third-order valence-electron chi connectivity index (χ3n) is 4.23. The van der Waals surface area contributed by atoms with Gasteiger partial charge in [0.2, 0.25) is 0 Å². The maximum absolute atomic E-state index is 9.44. The van der Waals surface area contributed by atoms with Gasteiger partial charge >= 0.3 is 0 Å². The average Bonchev–Trinajstić information content (AvgIpc) is 2.37. The van der Waals surface area contributed by atoms with Crippen molar-refractivity contribution in [2.24, 2.45) is 5.92 Å². The second-order valence-corrected chi connectivity index (χ2v) is 5.69. The third kappa shape index (κ3) is 1.97. The van der Waals surface area contributed by atoms with Crippen LogP contribution in [0.2, 0.25) is 0 Å². The summed E-state index contributed by atoms with van der Waals surface area (Å²) in [7, 11) is 0. The highest BCUT2D eigenvalue weighted by molar-refractivity contribution is 5.45. The molecule has 0 aliphatic heterocycles. The van der Waals surface area contributed by atoms with Gasteiger partial charge in [-0.15, -0.1) is 0 Å². The predicted octanol–water partition coefficient (Wildman–Crippen LogP) is 3.81. The summed E-state index contributed by atoms with van der Waals surface area (Å²) in [6.07, 6.45) is 2.23. The zero-order chi connectivity index (χ0) is 13.5. The minimum Gasteiger partial charge on any atom is -0.508 e. The molecule has 3 rings (SSSR count). The molecule has 1 saturated carbocycles. The summed E-state index contributed by atoms with van der Waals surface area (Å²) in [4.78, 5) is 0. The first kappa shape index (κ1) is 12.1. The van der Waals surface area contributed by atoms with Crippen molar-refractivity contribution in [2.75, 3.05) is 0 Å². The fourth-order valence-electron chi connectivity index (χ4n) is 3.33. The highest BCUT2D eigenvalue weighted by atomic mass is 16.3. The van der Waals surface area contributed by atoms with Crippen molar-refractivity contribution in [3.63, 3.8) is 0 Å². The van der Waals surface area contributed by atoms with Crippen LogP contribution >= 0.6 is 0 Å². The fourth-order valence-corrected chi connectivity index (χ4v) is 3.33. The van der Waals surface area contributed by atoms with E-state index in [2.05, 4.69) is 6.92 Å². The topological polar surface area (TPSA) is 40.5 Å². The van der Waals surface area contributed by atoms with E-state index in [0.717, 1.165) is 12.8 Å². The molecule has 2 N–H and O–H groups in total. The van der Waals surface area contributed by atoms with Gasteiger partial charge in [0, 0.05) is 5.41 Å². The summed E-state index contributed by atoms with van der Waals surface area (Å²) in [6, 6.07) is 15.0. The molecule has 98 valence electrons. The normalized spacial score (nSPS) is 17.9. The molecular weight excluding hydrogens is 236 g/mol. The Labute approximate surface area is 113 Å². The van der Waals surface area contributed by atoms with Crippen LogP contribution in [-0.2, 0) is 5.41 Å². The Morgan fingerprint density at radius 2 is 1.16 bits per heavy atom. The van der Waals surface area contributed by atoms with E-state index in [1.165, 1.54) is 11.1 Å².